The Morgan fingerprint density at radius 1 is 1.07 bits per heavy atom. The third-order valence-electron chi connectivity index (χ3n) is 7.49. The number of unbranched alkanes of at least 4 members (excludes halogenated alkanes) is 2. The van der Waals surface area contributed by atoms with Crippen molar-refractivity contribution in [3.8, 4) is 0 Å². The highest BCUT2D eigenvalue weighted by atomic mass is 17.1. The summed E-state index contributed by atoms with van der Waals surface area (Å²) in [4.78, 5) is 28.8. The van der Waals surface area contributed by atoms with Crippen LogP contribution in [0.3, 0.4) is 0 Å². The molecule has 11 nitrogen and oxygen atoms in total. The smallest absolute Gasteiger partial charge is 0.434 e. The molecule has 1 amide bonds. The highest BCUT2D eigenvalue weighted by molar-refractivity contribution is 5.75. The van der Waals surface area contributed by atoms with Gasteiger partial charge in [0, 0.05) is 25.3 Å². The van der Waals surface area contributed by atoms with Crippen LogP contribution < -0.4 is 5.32 Å². The summed E-state index contributed by atoms with van der Waals surface area (Å²) in [6.45, 7) is 4.35. The molecule has 6 atom stereocenters. The number of allylic oxidation sites excluding steroid dienone is 2. The molecule has 1 aromatic rings. The van der Waals surface area contributed by atoms with Crippen LogP contribution in [0.15, 0.2) is 54.6 Å². The number of hydrogen-bond donors (Lipinski definition) is 5. The Balaban J connectivity index is 1.92. The van der Waals surface area contributed by atoms with E-state index in [-0.39, 0.29) is 36.2 Å². The predicted octanol–water partition coefficient (Wildman–Crippen LogP) is 4.88. The third-order valence-corrected chi connectivity index (χ3v) is 7.49. The summed E-state index contributed by atoms with van der Waals surface area (Å²) in [6, 6.07) is 9.86. The molecule has 11 heteroatoms. The number of aliphatic hydroxyl groups excluding tert-OH is 2. The third kappa shape index (κ3) is 15.5. The van der Waals surface area contributed by atoms with Crippen molar-refractivity contribution < 1.29 is 44.5 Å². The van der Waals surface area contributed by atoms with Crippen LogP contribution in [0.4, 0.5) is 4.79 Å². The van der Waals surface area contributed by atoms with Crippen LogP contribution in [-0.2, 0) is 25.5 Å². The fourth-order valence-electron chi connectivity index (χ4n) is 5.20. The summed E-state index contributed by atoms with van der Waals surface area (Å²) < 4.78 is 10.9. The van der Waals surface area contributed by atoms with Gasteiger partial charge in [0.05, 0.1) is 30.3 Å². The van der Waals surface area contributed by atoms with Crippen LogP contribution in [0.5, 0.6) is 0 Å². The van der Waals surface area contributed by atoms with E-state index in [1.807, 2.05) is 55.5 Å². The van der Waals surface area contributed by atoms with Gasteiger partial charge < -0.3 is 25.0 Å². The van der Waals surface area contributed by atoms with Crippen LogP contribution >= 0.6 is 0 Å². The number of aliphatic hydroxyl groups is 2. The van der Waals surface area contributed by atoms with Crippen LogP contribution in [-0.4, -0.2) is 75.6 Å². The molecule has 0 unspecified atom stereocenters. The number of nitrogens with one attached hydrogen (secondary N) is 1. The first kappa shape index (κ1) is 36.4. The average molecular weight is 607 g/mol. The first-order chi connectivity index (χ1) is 20.7. The summed E-state index contributed by atoms with van der Waals surface area (Å²) in [7, 11) is 0. The van der Waals surface area contributed by atoms with Gasteiger partial charge in [0.15, 0.2) is 0 Å². The molecule has 1 aliphatic carbocycles. The Bertz CT molecular complexity index is 973. The van der Waals surface area contributed by atoms with E-state index in [2.05, 4.69) is 5.32 Å². The quantitative estimate of drug-likeness (QED) is 0.0600. The zero-order chi connectivity index (χ0) is 31.5. The Labute approximate surface area is 255 Å². The van der Waals surface area contributed by atoms with Crippen molar-refractivity contribution in [2.45, 2.75) is 102 Å². The molecule has 2 rings (SSSR count). The lowest BCUT2D eigenvalue weighted by Crippen LogP contribution is -2.22. The number of nitrogens with zero attached hydrogens (tertiary/aromatic N) is 1. The number of aryl methyl sites for hydroxylation is 1. The van der Waals surface area contributed by atoms with Gasteiger partial charge in [-0.2, -0.15) is 0 Å². The molecule has 0 spiro atoms. The Hall–Kier alpha value is -2.80. The lowest BCUT2D eigenvalue weighted by Gasteiger charge is -2.21. The number of amides is 1. The average Bonchev–Trinajstić information content (AvgIpc) is 3.23. The molecule has 0 radical (unpaired) electrons. The first-order valence-electron chi connectivity index (χ1n) is 15.4. The molecular weight excluding hydrogens is 556 g/mol. The lowest BCUT2D eigenvalue weighted by molar-refractivity contribution is -0.503. The van der Waals surface area contributed by atoms with Gasteiger partial charge in [-0.1, -0.05) is 48.6 Å². The molecule has 0 heterocycles. The van der Waals surface area contributed by atoms with Crippen molar-refractivity contribution in [3.05, 3.63) is 60.2 Å². The van der Waals surface area contributed by atoms with Crippen LogP contribution in [0, 0.1) is 11.8 Å². The van der Waals surface area contributed by atoms with Crippen LogP contribution in [0.1, 0.15) is 77.2 Å². The maximum atomic E-state index is 12.5. The summed E-state index contributed by atoms with van der Waals surface area (Å²) in [5, 5.41) is 41.1. The number of rotatable bonds is 20. The van der Waals surface area contributed by atoms with E-state index < -0.39 is 30.6 Å². The van der Waals surface area contributed by atoms with E-state index in [4.69, 9.17) is 24.7 Å². The van der Waals surface area contributed by atoms with E-state index in [0.29, 0.717) is 51.5 Å². The molecule has 1 fully saturated rings. The first-order valence-corrected chi connectivity index (χ1v) is 15.4. The van der Waals surface area contributed by atoms with Crippen molar-refractivity contribution in [2.24, 2.45) is 11.8 Å². The largest absolute Gasteiger partial charge is 0.508 e. The van der Waals surface area contributed by atoms with Gasteiger partial charge in [-0.05, 0) is 82.8 Å². The second-order valence-corrected chi connectivity index (χ2v) is 11.0. The van der Waals surface area contributed by atoms with Crippen molar-refractivity contribution in [1.82, 2.24) is 10.7 Å². The maximum Gasteiger partial charge on any atom is 0.508 e. The fraction of sp³-hybridized carbons (Fsp3) is 0.625. The molecule has 0 aliphatic heterocycles. The van der Waals surface area contributed by atoms with E-state index >= 15 is 0 Å². The van der Waals surface area contributed by atoms with Crippen LogP contribution in [0.25, 0.3) is 0 Å². The minimum atomic E-state index is -0.789. The summed E-state index contributed by atoms with van der Waals surface area (Å²) >= 11 is 0. The van der Waals surface area contributed by atoms with E-state index in [1.165, 1.54) is 0 Å². The molecule has 43 heavy (non-hydrogen) atoms. The standard InChI is InChI=1S/C32H50N2O9/c1-3-33-31(37)17-10-5-4-9-16-27-28(30(36)23-29(27)35)21-20-26(19-18-25-14-7-6-8-15-25)42-32(38)41-22-12-11-13-24(2)43-34(39)40/h4,6-9,14-15,20-21,24,26-30,35-36,39-40H,3,5,10-13,16-19,22-23H2,1-2H3,(H,33,37)/b9-4-,21-20+/t24-,26-,27+,28+,29-,30+/m0/s1. The van der Waals surface area contributed by atoms with Crippen molar-refractivity contribution in [2.75, 3.05) is 13.2 Å². The van der Waals surface area contributed by atoms with Gasteiger partial charge in [-0.3, -0.25) is 15.2 Å². The Kier molecular flexibility index (Phi) is 17.8. The van der Waals surface area contributed by atoms with E-state index in [9.17, 15) is 19.8 Å². The SMILES string of the molecule is CCNC(=O)CCC/C=C\C[C@@H]1[C@@H](/C=C/[C@H](CCc2ccccc2)OC(=O)OCCCC[C@H](C)ON(O)O)[C@H](O)C[C@@H]1O. The van der Waals surface area contributed by atoms with Crippen molar-refractivity contribution in [3.63, 3.8) is 0 Å². The van der Waals surface area contributed by atoms with Gasteiger partial charge in [-0.25, -0.2) is 9.63 Å². The van der Waals surface area contributed by atoms with E-state index in [0.717, 1.165) is 18.4 Å². The molecule has 242 valence electrons. The number of carbonyl (C=O) groups excluding carboxylic acids is 2. The fourth-order valence-corrected chi connectivity index (χ4v) is 5.20. The minimum absolute atomic E-state index is 0.0439. The lowest BCUT2D eigenvalue weighted by atomic mass is 9.89. The minimum Gasteiger partial charge on any atom is -0.434 e. The summed E-state index contributed by atoms with van der Waals surface area (Å²) in [5.41, 5.74) is 1.10. The monoisotopic (exact) mass is 606 g/mol. The Morgan fingerprint density at radius 3 is 2.56 bits per heavy atom. The summed E-state index contributed by atoms with van der Waals surface area (Å²) in [5.74, 6) is -0.433. The number of carbonyl (C=O) groups is 2. The number of ether oxygens (including phenoxy) is 2. The number of benzene rings is 1. The van der Waals surface area contributed by atoms with Gasteiger partial charge in [0.2, 0.25) is 5.91 Å². The maximum absolute atomic E-state index is 12.5. The van der Waals surface area contributed by atoms with Gasteiger partial charge in [0.1, 0.15) is 6.10 Å². The second kappa shape index (κ2) is 21.0. The summed E-state index contributed by atoms with van der Waals surface area (Å²) in [6.07, 6.45) is 10.3. The van der Waals surface area contributed by atoms with Gasteiger partial charge in [0.25, 0.3) is 0 Å². The molecule has 5 N–H and O–H groups in total. The van der Waals surface area contributed by atoms with Crippen molar-refractivity contribution >= 4 is 12.1 Å². The molecule has 0 saturated heterocycles. The number of hydrogen-bond acceptors (Lipinski definition) is 10. The molecule has 1 aromatic carbocycles. The molecule has 0 aromatic heterocycles. The van der Waals surface area contributed by atoms with Crippen molar-refractivity contribution in [1.29, 1.82) is 0 Å². The topological polar surface area (TPSA) is 158 Å². The van der Waals surface area contributed by atoms with Gasteiger partial charge in [-0.15, -0.1) is 0 Å². The molecule has 1 saturated carbocycles. The predicted molar refractivity (Wildman–Crippen MR) is 160 cm³/mol. The molecule has 0 bridgehead atoms. The zero-order valence-electron chi connectivity index (χ0n) is 25.4. The normalized spacial score (nSPS) is 21.8. The highest BCUT2D eigenvalue weighted by Crippen LogP contribution is 2.36. The molecule has 1 aliphatic rings. The molecular formula is C32H50N2O9. The highest BCUT2D eigenvalue weighted by Gasteiger charge is 2.39. The Morgan fingerprint density at radius 2 is 1.84 bits per heavy atom. The van der Waals surface area contributed by atoms with Gasteiger partial charge >= 0.3 is 6.16 Å². The van der Waals surface area contributed by atoms with Crippen LogP contribution in [0.2, 0.25) is 0 Å². The second-order valence-electron chi connectivity index (χ2n) is 11.0. The zero-order valence-corrected chi connectivity index (χ0v) is 25.4. The van der Waals surface area contributed by atoms with E-state index in [1.54, 1.807) is 13.0 Å².